The molecule has 2 N–H and O–H groups in total. The molecule has 0 aliphatic heterocycles. The van der Waals surface area contributed by atoms with Gasteiger partial charge < -0.3 is 10.6 Å². The Hall–Kier alpha value is -0.460. The third kappa shape index (κ3) is 7.19. The number of unbranched alkanes of at least 4 members (excludes halogenated alkanes) is 1. The second-order valence-electron chi connectivity index (χ2n) is 5.86. The van der Waals surface area contributed by atoms with Crippen LogP contribution in [0.5, 0.6) is 0 Å². The maximum atomic E-state index is 5.67. The van der Waals surface area contributed by atoms with Crippen LogP contribution in [-0.2, 0) is 6.54 Å². The van der Waals surface area contributed by atoms with Gasteiger partial charge in [0.15, 0.2) is 0 Å². The number of thiophene rings is 1. The standard InChI is InChI=1S/C19H28N2S3/c1-3-4-12-21(2)13-5-14-22-16-6-8-17(9-7-16)23-19-11-10-18(15-20)24-19/h6-11H,3-5,12-15,20H2,1-2H3. The highest BCUT2D eigenvalue weighted by Gasteiger charge is 2.03. The van der Waals surface area contributed by atoms with Gasteiger partial charge >= 0.3 is 0 Å². The first-order valence-electron chi connectivity index (χ1n) is 8.59. The fourth-order valence-electron chi connectivity index (χ4n) is 2.31. The summed E-state index contributed by atoms with van der Waals surface area (Å²) in [4.78, 5) is 6.35. The average Bonchev–Trinajstić information content (AvgIpc) is 3.06. The van der Waals surface area contributed by atoms with Crippen molar-refractivity contribution in [1.29, 1.82) is 0 Å². The molecule has 0 fully saturated rings. The first-order chi connectivity index (χ1) is 11.7. The SMILES string of the molecule is CCCCN(C)CCCSc1ccc(Sc2ccc(CN)s2)cc1. The molecule has 2 aromatic rings. The van der Waals surface area contributed by atoms with E-state index in [-0.39, 0.29) is 0 Å². The molecule has 24 heavy (non-hydrogen) atoms. The van der Waals surface area contributed by atoms with Gasteiger partial charge in [-0.1, -0.05) is 25.1 Å². The van der Waals surface area contributed by atoms with Gasteiger partial charge in [0, 0.05) is 21.2 Å². The van der Waals surface area contributed by atoms with Crippen LogP contribution in [0, 0.1) is 0 Å². The van der Waals surface area contributed by atoms with Gasteiger partial charge in [0.25, 0.3) is 0 Å². The lowest BCUT2D eigenvalue weighted by Gasteiger charge is -2.15. The Kier molecular flexibility index (Phi) is 9.28. The van der Waals surface area contributed by atoms with Gasteiger partial charge in [0.2, 0.25) is 0 Å². The topological polar surface area (TPSA) is 29.3 Å². The lowest BCUT2D eigenvalue weighted by molar-refractivity contribution is 0.330. The van der Waals surface area contributed by atoms with Gasteiger partial charge in [-0.05, 0) is 75.1 Å². The lowest BCUT2D eigenvalue weighted by atomic mass is 10.3. The molecule has 2 nitrogen and oxygen atoms in total. The number of nitrogens with zero attached hydrogens (tertiary/aromatic N) is 1. The van der Waals surface area contributed by atoms with Crippen molar-refractivity contribution >= 4 is 34.9 Å². The van der Waals surface area contributed by atoms with E-state index in [0.717, 1.165) is 0 Å². The largest absolute Gasteiger partial charge is 0.326 e. The van der Waals surface area contributed by atoms with Crippen LogP contribution in [-0.4, -0.2) is 30.8 Å². The molecule has 0 radical (unpaired) electrons. The van der Waals surface area contributed by atoms with Crippen LogP contribution in [0.2, 0.25) is 0 Å². The first kappa shape index (κ1) is 19.9. The predicted molar refractivity (Wildman–Crippen MR) is 111 cm³/mol. The molecule has 0 amide bonds. The van der Waals surface area contributed by atoms with E-state index in [1.54, 1.807) is 11.3 Å². The number of hydrogen-bond acceptors (Lipinski definition) is 5. The predicted octanol–water partition coefficient (Wildman–Crippen LogP) is 5.57. The molecule has 5 heteroatoms. The van der Waals surface area contributed by atoms with Crippen molar-refractivity contribution in [3.63, 3.8) is 0 Å². The summed E-state index contributed by atoms with van der Waals surface area (Å²) in [6, 6.07) is 13.2. The second-order valence-corrected chi connectivity index (χ2v) is 9.57. The monoisotopic (exact) mass is 380 g/mol. The normalized spacial score (nSPS) is 11.3. The van der Waals surface area contributed by atoms with Gasteiger partial charge in [0.05, 0.1) is 4.21 Å². The highest BCUT2D eigenvalue weighted by molar-refractivity contribution is 8.01. The molecule has 0 atom stereocenters. The third-order valence-electron chi connectivity index (χ3n) is 3.73. The maximum absolute atomic E-state index is 5.67. The third-order valence-corrected chi connectivity index (χ3v) is 7.07. The minimum Gasteiger partial charge on any atom is -0.326 e. The Bertz CT molecular complexity index is 581. The molecule has 1 aromatic heterocycles. The minimum absolute atomic E-state index is 0.633. The zero-order valence-electron chi connectivity index (χ0n) is 14.7. The summed E-state index contributed by atoms with van der Waals surface area (Å²) in [7, 11) is 2.23. The molecule has 0 bridgehead atoms. The molecule has 132 valence electrons. The second kappa shape index (κ2) is 11.2. The fourth-order valence-corrected chi connectivity index (χ4v) is 5.18. The molecule has 0 unspecified atom stereocenters. The zero-order valence-corrected chi connectivity index (χ0v) is 17.1. The van der Waals surface area contributed by atoms with E-state index in [4.69, 9.17) is 5.73 Å². The van der Waals surface area contributed by atoms with E-state index in [1.807, 2.05) is 23.5 Å². The van der Waals surface area contributed by atoms with Crippen molar-refractivity contribution in [2.75, 3.05) is 25.9 Å². The minimum atomic E-state index is 0.633. The lowest BCUT2D eigenvalue weighted by Crippen LogP contribution is -2.21. The van der Waals surface area contributed by atoms with Crippen LogP contribution in [0.1, 0.15) is 31.1 Å². The van der Waals surface area contributed by atoms with E-state index in [2.05, 4.69) is 55.3 Å². The Morgan fingerprint density at radius 2 is 1.71 bits per heavy atom. The Balaban J connectivity index is 1.70. The number of thioether (sulfide) groups is 1. The van der Waals surface area contributed by atoms with Crippen molar-refractivity contribution in [3.8, 4) is 0 Å². The molecule has 2 rings (SSSR count). The van der Waals surface area contributed by atoms with Gasteiger partial charge in [-0.3, -0.25) is 0 Å². The summed E-state index contributed by atoms with van der Waals surface area (Å²) in [5.41, 5.74) is 5.67. The molecule has 0 saturated carbocycles. The van der Waals surface area contributed by atoms with Gasteiger partial charge in [-0.15, -0.1) is 23.1 Å². The summed E-state index contributed by atoms with van der Waals surface area (Å²) in [6.07, 6.45) is 3.83. The van der Waals surface area contributed by atoms with Crippen LogP contribution in [0.15, 0.2) is 50.4 Å². The van der Waals surface area contributed by atoms with E-state index in [0.29, 0.717) is 6.54 Å². The highest BCUT2D eigenvalue weighted by Crippen LogP contribution is 2.34. The fraction of sp³-hybridized carbons (Fsp3) is 0.474. The van der Waals surface area contributed by atoms with Crippen molar-refractivity contribution in [2.24, 2.45) is 5.73 Å². The number of rotatable bonds is 11. The molecule has 1 aromatic carbocycles. The zero-order chi connectivity index (χ0) is 17.2. The van der Waals surface area contributed by atoms with Gasteiger partial charge in [0.1, 0.15) is 0 Å². The molecular formula is C19H28N2S3. The summed E-state index contributed by atoms with van der Waals surface area (Å²) in [5, 5.41) is 0. The summed E-state index contributed by atoms with van der Waals surface area (Å²) >= 11 is 5.56. The molecule has 1 heterocycles. The summed E-state index contributed by atoms with van der Waals surface area (Å²) in [5.74, 6) is 1.19. The Morgan fingerprint density at radius 1 is 1.00 bits per heavy atom. The quantitative estimate of drug-likeness (QED) is 0.407. The Labute approximate surface area is 159 Å². The van der Waals surface area contributed by atoms with Crippen molar-refractivity contribution in [1.82, 2.24) is 4.90 Å². The maximum Gasteiger partial charge on any atom is 0.0649 e. The molecule has 0 spiro atoms. The van der Waals surface area contributed by atoms with Gasteiger partial charge in [-0.2, -0.15) is 0 Å². The first-order valence-corrected chi connectivity index (χ1v) is 11.2. The van der Waals surface area contributed by atoms with Crippen LogP contribution in [0.4, 0.5) is 0 Å². The van der Waals surface area contributed by atoms with E-state index < -0.39 is 0 Å². The molecule has 0 saturated heterocycles. The summed E-state index contributed by atoms with van der Waals surface area (Å²) in [6.45, 7) is 5.31. The Morgan fingerprint density at radius 3 is 2.38 bits per heavy atom. The van der Waals surface area contributed by atoms with Crippen LogP contribution in [0.25, 0.3) is 0 Å². The molecule has 0 aliphatic carbocycles. The van der Waals surface area contributed by atoms with E-state index in [9.17, 15) is 0 Å². The van der Waals surface area contributed by atoms with Crippen LogP contribution < -0.4 is 5.73 Å². The highest BCUT2D eigenvalue weighted by atomic mass is 32.2. The van der Waals surface area contributed by atoms with Crippen LogP contribution >= 0.6 is 34.9 Å². The molecular weight excluding hydrogens is 352 g/mol. The van der Waals surface area contributed by atoms with Crippen molar-refractivity contribution in [3.05, 3.63) is 41.3 Å². The van der Waals surface area contributed by atoms with Crippen LogP contribution in [0.3, 0.4) is 0 Å². The van der Waals surface area contributed by atoms with E-state index >= 15 is 0 Å². The van der Waals surface area contributed by atoms with Crippen molar-refractivity contribution in [2.45, 2.75) is 46.7 Å². The van der Waals surface area contributed by atoms with Crippen molar-refractivity contribution < 1.29 is 0 Å². The number of nitrogens with two attached hydrogens (primary N) is 1. The van der Waals surface area contributed by atoms with E-state index in [1.165, 1.54) is 57.0 Å². The number of hydrogen-bond donors (Lipinski definition) is 1. The average molecular weight is 381 g/mol. The molecule has 0 aliphatic rings. The summed E-state index contributed by atoms with van der Waals surface area (Å²) < 4.78 is 1.31. The number of benzene rings is 1. The smallest absolute Gasteiger partial charge is 0.0649 e. The van der Waals surface area contributed by atoms with Gasteiger partial charge in [-0.25, -0.2) is 0 Å².